The van der Waals surface area contributed by atoms with Gasteiger partial charge in [0.05, 0.1) is 19.3 Å². The van der Waals surface area contributed by atoms with E-state index in [0.717, 1.165) is 6.42 Å². The summed E-state index contributed by atoms with van der Waals surface area (Å²) in [5.74, 6) is -1.03. The fourth-order valence-corrected chi connectivity index (χ4v) is 1.90. The van der Waals surface area contributed by atoms with Gasteiger partial charge in [0.2, 0.25) is 0 Å². The van der Waals surface area contributed by atoms with Crippen LogP contribution in [0, 0.1) is 11.8 Å². The lowest BCUT2D eigenvalue weighted by Crippen LogP contribution is -2.48. The minimum atomic E-state index is -0.917. The molecule has 1 saturated heterocycles. The highest BCUT2D eigenvalue weighted by molar-refractivity contribution is 5.77. The lowest BCUT2D eigenvalue weighted by molar-refractivity contribution is -0.142. The minimum Gasteiger partial charge on any atom is -0.481 e. The van der Waals surface area contributed by atoms with Crippen LogP contribution in [0.1, 0.15) is 20.3 Å². The molecule has 0 aromatic heterocycles. The number of likely N-dealkylation sites (N-methyl/N-ethyl adjacent to an activating group) is 1. The van der Waals surface area contributed by atoms with Crippen molar-refractivity contribution >= 4 is 12.0 Å². The molecule has 2 amide bonds. The van der Waals surface area contributed by atoms with Crippen LogP contribution in [-0.2, 0) is 9.53 Å². The van der Waals surface area contributed by atoms with E-state index < -0.39 is 11.9 Å². The molecule has 104 valence electrons. The van der Waals surface area contributed by atoms with Crippen LogP contribution >= 0.6 is 0 Å². The van der Waals surface area contributed by atoms with Crippen LogP contribution in [0.4, 0.5) is 4.79 Å². The summed E-state index contributed by atoms with van der Waals surface area (Å²) < 4.78 is 5.14. The van der Waals surface area contributed by atoms with Crippen molar-refractivity contribution in [1.82, 2.24) is 10.2 Å². The molecule has 0 bridgehead atoms. The molecule has 0 aromatic rings. The Morgan fingerprint density at radius 2 is 2.11 bits per heavy atom. The predicted octanol–water partition coefficient (Wildman–Crippen LogP) is 0.773. The number of nitrogens with one attached hydrogen (secondary N) is 1. The van der Waals surface area contributed by atoms with Crippen molar-refractivity contribution in [3.8, 4) is 0 Å². The van der Waals surface area contributed by atoms with Crippen LogP contribution in [0.15, 0.2) is 0 Å². The normalized spacial score (nSPS) is 23.1. The Kier molecular flexibility index (Phi) is 5.40. The smallest absolute Gasteiger partial charge is 0.317 e. The van der Waals surface area contributed by atoms with Gasteiger partial charge in [-0.2, -0.15) is 0 Å². The topological polar surface area (TPSA) is 78.9 Å². The van der Waals surface area contributed by atoms with E-state index in [0.29, 0.717) is 12.5 Å². The van der Waals surface area contributed by atoms with Gasteiger partial charge in [0.25, 0.3) is 0 Å². The molecule has 1 heterocycles. The number of carboxylic acid groups (broad SMARTS) is 1. The summed E-state index contributed by atoms with van der Waals surface area (Å²) in [5, 5.41) is 11.8. The molecule has 0 spiro atoms. The number of aliphatic carboxylic acids is 1. The van der Waals surface area contributed by atoms with Crippen LogP contribution in [0.5, 0.6) is 0 Å². The molecule has 6 heteroatoms. The van der Waals surface area contributed by atoms with Gasteiger partial charge in [-0.15, -0.1) is 0 Å². The lowest BCUT2D eigenvalue weighted by atomic mass is 10.0. The number of nitrogens with zero attached hydrogens (tertiary/aromatic N) is 1. The standard InChI is InChI=1S/C12H22N2O4/c1-8(2)4-5-13-12(17)14(3)10-7-18-6-9(10)11(15)16/h8-10H,4-7H2,1-3H3,(H,13,17)(H,15,16). The Balaban J connectivity index is 2.45. The molecule has 1 aliphatic heterocycles. The average Bonchev–Trinajstić information content (AvgIpc) is 2.76. The third-order valence-electron chi connectivity index (χ3n) is 3.18. The number of carboxylic acids is 1. The first-order valence-corrected chi connectivity index (χ1v) is 6.24. The molecule has 0 aliphatic carbocycles. The van der Waals surface area contributed by atoms with Gasteiger partial charge in [0, 0.05) is 13.6 Å². The minimum absolute atomic E-state index is 0.170. The molecular weight excluding hydrogens is 236 g/mol. The molecule has 0 saturated carbocycles. The van der Waals surface area contributed by atoms with Gasteiger partial charge in [0.1, 0.15) is 5.92 Å². The van der Waals surface area contributed by atoms with Crippen LogP contribution in [0.2, 0.25) is 0 Å². The fourth-order valence-electron chi connectivity index (χ4n) is 1.90. The summed E-state index contributed by atoms with van der Waals surface area (Å²) in [4.78, 5) is 24.3. The number of hydrogen-bond acceptors (Lipinski definition) is 3. The summed E-state index contributed by atoms with van der Waals surface area (Å²) in [6.45, 7) is 5.23. The number of ether oxygens (including phenoxy) is 1. The van der Waals surface area contributed by atoms with Crippen molar-refractivity contribution in [3.63, 3.8) is 0 Å². The monoisotopic (exact) mass is 258 g/mol. The maximum atomic E-state index is 11.8. The summed E-state index contributed by atoms with van der Waals surface area (Å²) >= 11 is 0. The van der Waals surface area contributed by atoms with Crippen LogP contribution in [0.25, 0.3) is 0 Å². The van der Waals surface area contributed by atoms with Gasteiger partial charge >= 0.3 is 12.0 Å². The number of carbonyl (C=O) groups excluding carboxylic acids is 1. The highest BCUT2D eigenvalue weighted by atomic mass is 16.5. The van der Waals surface area contributed by atoms with Crippen molar-refractivity contribution in [2.75, 3.05) is 26.8 Å². The van der Waals surface area contributed by atoms with Gasteiger partial charge in [-0.1, -0.05) is 13.8 Å². The predicted molar refractivity (Wildman–Crippen MR) is 66.3 cm³/mol. The lowest BCUT2D eigenvalue weighted by Gasteiger charge is -2.26. The Hall–Kier alpha value is -1.30. The van der Waals surface area contributed by atoms with E-state index in [1.807, 2.05) is 0 Å². The van der Waals surface area contributed by atoms with E-state index in [4.69, 9.17) is 9.84 Å². The van der Waals surface area contributed by atoms with Gasteiger partial charge in [-0.3, -0.25) is 4.79 Å². The SMILES string of the molecule is CC(C)CCNC(=O)N(C)C1COCC1C(=O)O. The largest absolute Gasteiger partial charge is 0.481 e. The van der Waals surface area contributed by atoms with E-state index >= 15 is 0 Å². The number of hydrogen-bond donors (Lipinski definition) is 2. The first kappa shape index (κ1) is 14.8. The molecule has 1 aliphatic rings. The van der Waals surface area contributed by atoms with Crippen LogP contribution in [-0.4, -0.2) is 54.9 Å². The van der Waals surface area contributed by atoms with Gasteiger partial charge < -0.3 is 20.1 Å². The molecular formula is C12H22N2O4. The van der Waals surface area contributed by atoms with Crippen molar-refractivity contribution in [2.24, 2.45) is 11.8 Å². The summed E-state index contributed by atoms with van der Waals surface area (Å²) in [7, 11) is 1.61. The quantitative estimate of drug-likeness (QED) is 0.763. The van der Waals surface area contributed by atoms with E-state index in [1.54, 1.807) is 7.05 Å². The first-order valence-electron chi connectivity index (χ1n) is 6.24. The maximum Gasteiger partial charge on any atom is 0.317 e. The Morgan fingerprint density at radius 1 is 1.44 bits per heavy atom. The fraction of sp³-hybridized carbons (Fsp3) is 0.833. The molecule has 1 fully saturated rings. The summed E-state index contributed by atoms with van der Waals surface area (Å²) in [6.07, 6.45) is 0.906. The molecule has 0 aromatic carbocycles. The van der Waals surface area contributed by atoms with Crippen LogP contribution in [0.3, 0.4) is 0 Å². The molecule has 2 atom stereocenters. The molecule has 18 heavy (non-hydrogen) atoms. The second kappa shape index (κ2) is 6.58. The zero-order chi connectivity index (χ0) is 13.7. The number of amides is 2. The number of carbonyl (C=O) groups is 2. The molecule has 2 unspecified atom stereocenters. The van der Waals surface area contributed by atoms with E-state index in [9.17, 15) is 9.59 Å². The van der Waals surface area contributed by atoms with Crippen molar-refractivity contribution in [2.45, 2.75) is 26.3 Å². The van der Waals surface area contributed by atoms with Crippen molar-refractivity contribution < 1.29 is 19.4 Å². The van der Waals surface area contributed by atoms with E-state index in [1.165, 1.54) is 4.90 Å². The van der Waals surface area contributed by atoms with Crippen LogP contribution < -0.4 is 5.32 Å². The highest BCUT2D eigenvalue weighted by Gasteiger charge is 2.38. The second-order valence-electron chi connectivity index (χ2n) is 5.07. The average molecular weight is 258 g/mol. The van der Waals surface area contributed by atoms with Gasteiger partial charge in [-0.05, 0) is 12.3 Å². The zero-order valence-corrected chi connectivity index (χ0v) is 11.2. The van der Waals surface area contributed by atoms with Gasteiger partial charge in [0.15, 0.2) is 0 Å². The Bertz CT molecular complexity index is 306. The molecule has 6 nitrogen and oxygen atoms in total. The third kappa shape index (κ3) is 3.87. The molecule has 1 rings (SSSR count). The van der Waals surface area contributed by atoms with E-state index in [-0.39, 0.29) is 25.3 Å². The van der Waals surface area contributed by atoms with Crippen molar-refractivity contribution in [3.05, 3.63) is 0 Å². The summed E-state index contributed by atoms with van der Waals surface area (Å²) in [5.41, 5.74) is 0. The molecule has 2 N–H and O–H groups in total. The Labute approximate surface area is 107 Å². The van der Waals surface area contributed by atoms with Crippen molar-refractivity contribution in [1.29, 1.82) is 0 Å². The second-order valence-corrected chi connectivity index (χ2v) is 5.07. The van der Waals surface area contributed by atoms with Gasteiger partial charge in [-0.25, -0.2) is 4.79 Å². The number of rotatable bonds is 5. The Morgan fingerprint density at radius 3 is 2.67 bits per heavy atom. The first-order chi connectivity index (χ1) is 8.43. The third-order valence-corrected chi connectivity index (χ3v) is 3.18. The zero-order valence-electron chi connectivity index (χ0n) is 11.2. The van der Waals surface area contributed by atoms with E-state index in [2.05, 4.69) is 19.2 Å². The number of urea groups is 1. The summed E-state index contributed by atoms with van der Waals surface area (Å²) in [6, 6.07) is -0.626. The highest BCUT2D eigenvalue weighted by Crippen LogP contribution is 2.18. The molecule has 0 radical (unpaired) electrons. The maximum absolute atomic E-state index is 11.8.